The predicted molar refractivity (Wildman–Crippen MR) is 242 cm³/mol. The molecule has 1 aliphatic rings. The number of carbonyl (C=O) groups is 4. The van der Waals surface area contributed by atoms with E-state index in [0.717, 1.165) is 22.3 Å². The Hall–Kier alpha value is -7.21. The number of esters is 1. The molecule has 0 aliphatic carbocycles. The quantitative estimate of drug-likeness (QED) is 0.0601. The van der Waals surface area contributed by atoms with E-state index in [4.69, 9.17) is 14.5 Å². The second kappa shape index (κ2) is 19.7. The summed E-state index contributed by atoms with van der Waals surface area (Å²) in [5.74, 6) is -0.378. The Balaban J connectivity index is 1.24. The summed E-state index contributed by atoms with van der Waals surface area (Å²) in [6.45, 7) is 6.55. The van der Waals surface area contributed by atoms with Crippen LogP contribution in [-0.2, 0) is 44.2 Å². The number of hydrogen-bond acceptors (Lipinski definition) is 8. The van der Waals surface area contributed by atoms with Gasteiger partial charge in [-0.05, 0) is 73.2 Å². The van der Waals surface area contributed by atoms with Gasteiger partial charge >= 0.3 is 12.1 Å². The van der Waals surface area contributed by atoms with Crippen LogP contribution < -0.4 is 10.6 Å². The number of methoxy groups -OCH3 is 1. The molecular formula is C51H54N6O6. The Morgan fingerprint density at radius 3 is 1.97 bits per heavy atom. The molecule has 0 saturated carbocycles. The molecule has 0 unspecified atom stereocenters. The van der Waals surface area contributed by atoms with E-state index in [2.05, 4.69) is 51.6 Å². The van der Waals surface area contributed by atoms with E-state index in [9.17, 15) is 14.4 Å². The molecule has 1 aromatic heterocycles. The van der Waals surface area contributed by atoms with E-state index in [1.54, 1.807) is 48.9 Å². The normalized spacial score (nSPS) is 13.9. The minimum atomic E-state index is -0.897. The molecule has 6 aromatic rings. The Kier molecular flexibility index (Phi) is 13.7. The lowest BCUT2D eigenvalue weighted by Gasteiger charge is -2.39. The van der Waals surface area contributed by atoms with Gasteiger partial charge in [0.15, 0.2) is 0 Å². The highest BCUT2D eigenvalue weighted by Gasteiger charge is 2.40. The second-order valence-electron chi connectivity index (χ2n) is 16.6. The van der Waals surface area contributed by atoms with E-state index in [0.29, 0.717) is 35.6 Å². The number of imidazole rings is 1. The molecule has 1 aliphatic heterocycles. The lowest BCUT2D eigenvalue weighted by Crippen LogP contribution is -2.43. The van der Waals surface area contributed by atoms with Crippen LogP contribution in [0.5, 0.6) is 0 Å². The van der Waals surface area contributed by atoms with Crippen molar-refractivity contribution in [3.8, 4) is 0 Å². The molecule has 0 spiro atoms. The van der Waals surface area contributed by atoms with Crippen molar-refractivity contribution in [3.63, 3.8) is 0 Å². The van der Waals surface area contributed by atoms with E-state index in [-0.39, 0.29) is 44.4 Å². The number of ether oxygens (including phenoxy) is 2. The maximum absolute atomic E-state index is 15.1. The number of carbonyl (C=O) groups excluding carboxylic acids is 4. The zero-order chi connectivity index (χ0) is 44.4. The first-order chi connectivity index (χ1) is 30.5. The summed E-state index contributed by atoms with van der Waals surface area (Å²) in [7, 11) is 1.29. The molecule has 0 bridgehead atoms. The number of amides is 3. The molecular weight excluding hydrogens is 793 g/mol. The summed E-state index contributed by atoms with van der Waals surface area (Å²) < 4.78 is 12.5. The summed E-state index contributed by atoms with van der Waals surface area (Å²) in [6.07, 6.45) is 3.48. The maximum atomic E-state index is 15.1. The number of rotatable bonds is 15. The van der Waals surface area contributed by atoms with E-state index >= 15 is 4.79 Å². The third-order valence-electron chi connectivity index (χ3n) is 11.0. The van der Waals surface area contributed by atoms with Crippen molar-refractivity contribution in [2.24, 2.45) is 0 Å². The van der Waals surface area contributed by atoms with E-state index in [1.807, 2.05) is 97.2 Å². The van der Waals surface area contributed by atoms with Crippen molar-refractivity contribution in [1.29, 1.82) is 0 Å². The van der Waals surface area contributed by atoms with Gasteiger partial charge in [-0.1, -0.05) is 121 Å². The van der Waals surface area contributed by atoms with Gasteiger partial charge in [0.2, 0.25) is 5.91 Å². The average molecular weight is 847 g/mol. The number of alkyl carbamates (subject to hydrolysis) is 1. The number of fused-ring (bicyclic) bond motifs is 1. The molecule has 0 saturated heterocycles. The Morgan fingerprint density at radius 2 is 1.40 bits per heavy atom. The van der Waals surface area contributed by atoms with Crippen LogP contribution in [-0.4, -0.2) is 75.1 Å². The molecule has 12 heteroatoms. The van der Waals surface area contributed by atoms with Crippen LogP contribution in [0.3, 0.4) is 0 Å². The molecule has 5 aromatic carbocycles. The number of aromatic nitrogens is 2. The minimum Gasteiger partial charge on any atom is -0.469 e. The first kappa shape index (κ1) is 43.9. The number of anilines is 1. The number of benzene rings is 5. The molecule has 324 valence electrons. The lowest BCUT2D eigenvalue weighted by molar-refractivity contribution is -0.144. The smallest absolute Gasteiger partial charge is 0.407 e. The zero-order valence-electron chi connectivity index (χ0n) is 36.2. The van der Waals surface area contributed by atoms with Gasteiger partial charge in [0.1, 0.15) is 23.0 Å². The minimum absolute atomic E-state index is 0.167. The van der Waals surface area contributed by atoms with Crippen molar-refractivity contribution < 1.29 is 28.7 Å². The molecule has 12 nitrogen and oxygen atoms in total. The molecule has 7 rings (SSSR count). The van der Waals surface area contributed by atoms with Gasteiger partial charge < -0.3 is 34.5 Å². The zero-order valence-corrected chi connectivity index (χ0v) is 36.2. The SMILES string of the molecule is COC(=O)C[C@@H]1Nc2ccc(C(=O)N(Cc3ccccc3)Cc3nccn3C(c3ccccc3)(c3ccccc3)c3ccccc3)cc2CN(CCCNC(=O)OC(C)(C)C)C1=O. The monoisotopic (exact) mass is 846 g/mol. The average Bonchev–Trinajstić information content (AvgIpc) is 3.71. The molecule has 1 atom stereocenters. The summed E-state index contributed by atoms with van der Waals surface area (Å²) in [5, 5.41) is 6.01. The fourth-order valence-corrected chi connectivity index (χ4v) is 8.17. The van der Waals surface area contributed by atoms with Crippen LogP contribution in [0.25, 0.3) is 0 Å². The fraction of sp³-hybridized carbons (Fsp3) is 0.275. The molecule has 0 radical (unpaired) electrons. The van der Waals surface area contributed by atoms with Gasteiger partial charge in [0.25, 0.3) is 5.91 Å². The molecule has 2 N–H and O–H groups in total. The van der Waals surface area contributed by atoms with E-state index < -0.39 is 29.2 Å². The van der Waals surface area contributed by atoms with Crippen LogP contribution in [0.2, 0.25) is 0 Å². The second-order valence-corrected chi connectivity index (χ2v) is 16.6. The van der Waals surface area contributed by atoms with Crippen LogP contribution in [0.1, 0.15) is 77.6 Å². The first-order valence-electron chi connectivity index (χ1n) is 21.2. The van der Waals surface area contributed by atoms with Crippen molar-refractivity contribution >= 4 is 29.6 Å². The third kappa shape index (κ3) is 10.3. The van der Waals surface area contributed by atoms with Gasteiger partial charge in [-0.15, -0.1) is 0 Å². The summed E-state index contributed by atoms with van der Waals surface area (Å²) >= 11 is 0. The maximum Gasteiger partial charge on any atom is 0.407 e. The van der Waals surface area contributed by atoms with Gasteiger partial charge in [0, 0.05) is 49.8 Å². The number of nitrogens with one attached hydrogen (secondary N) is 2. The first-order valence-corrected chi connectivity index (χ1v) is 21.2. The summed E-state index contributed by atoms with van der Waals surface area (Å²) in [5.41, 5.74) is 4.32. The third-order valence-corrected chi connectivity index (χ3v) is 11.0. The predicted octanol–water partition coefficient (Wildman–Crippen LogP) is 8.17. The highest BCUT2D eigenvalue weighted by atomic mass is 16.6. The number of nitrogens with zero attached hydrogens (tertiary/aromatic N) is 4. The van der Waals surface area contributed by atoms with Gasteiger partial charge in [-0.2, -0.15) is 0 Å². The van der Waals surface area contributed by atoms with Crippen molar-refractivity contribution in [1.82, 2.24) is 24.7 Å². The molecule has 2 heterocycles. The van der Waals surface area contributed by atoms with Crippen LogP contribution >= 0.6 is 0 Å². The molecule has 3 amide bonds. The highest BCUT2D eigenvalue weighted by Crippen LogP contribution is 2.42. The number of hydrogen-bond donors (Lipinski definition) is 2. The largest absolute Gasteiger partial charge is 0.469 e. The molecule has 63 heavy (non-hydrogen) atoms. The van der Waals surface area contributed by atoms with E-state index in [1.165, 1.54) is 7.11 Å². The Bertz CT molecular complexity index is 2390. The van der Waals surface area contributed by atoms with Crippen molar-refractivity contribution in [2.45, 2.75) is 70.4 Å². The van der Waals surface area contributed by atoms with Crippen LogP contribution in [0.15, 0.2) is 152 Å². The summed E-state index contributed by atoms with van der Waals surface area (Å²) in [6, 6.07) is 45.3. The van der Waals surface area contributed by atoms with Gasteiger partial charge in [-0.25, -0.2) is 9.78 Å². The molecule has 0 fully saturated rings. The van der Waals surface area contributed by atoms with Crippen molar-refractivity contribution in [3.05, 3.63) is 191 Å². The lowest BCUT2D eigenvalue weighted by atomic mass is 9.76. The standard InChI is InChI=1S/C51H54N6O6/c1-50(2,3)63-49(61)53-28-17-30-55-35-39-32-38(26-27-43(39)54-44(48(55)60)33-46(58)62-4)47(59)56(34-37-18-9-5-10-19-37)36-45-52-29-31-57(45)51(40-20-11-6-12-21-40,41-22-13-7-14-23-41)42-24-15-8-16-25-42/h5-16,18-27,29,31-32,44,54H,17,28,30,33-36H2,1-4H3,(H,53,61)/t44-/m0/s1. The Labute approximate surface area is 368 Å². The van der Waals surface area contributed by atoms with Gasteiger partial charge in [-0.3, -0.25) is 14.4 Å². The van der Waals surface area contributed by atoms with Crippen molar-refractivity contribution in [2.75, 3.05) is 25.5 Å². The van der Waals surface area contributed by atoms with Crippen LogP contribution in [0, 0.1) is 0 Å². The fourth-order valence-electron chi connectivity index (χ4n) is 8.17. The highest BCUT2D eigenvalue weighted by molar-refractivity contribution is 5.96. The topological polar surface area (TPSA) is 135 Å². The van der Waals surface area contributed by atoms with Crippen LogP contribution in [0.4, 0.5) is 10.5 Å². The van der Waals surface area contributed by atoms with Gasteiger partial charge in [0.05, 0.1) is 20.1 Å². The Morgan fingerprint density at radius 1 is 0.810 bits per heavy atom. The summed E-state index contributed by atoms with van der Waals surface area (Å²) in [4.78, 5) is 62.2.